The number of ether oxygens (including phenoxy) is 3. The van der Waals surface area contributed by atoms with E-state index >= 15 is 0 Å². The first-order valence-corrected chi connectivity index (χ1v) is 11.9. The van der Waals surface area contributed by atoms with Crippen molar-refractivity contribution in [3.63, 3.8) is 0 Å². The molecule has 0 aliphatic carbocycles. The summed E-state index contributed by atoms with van der Waals surface area (Å²) in [4.78, 5) is 12.5. The summed E-state index contributed by atoms with van der Waals surface area (Å²) in [5, 5.41) is 13.4. The Morgan fingerprint density at radius 1 is 0.944 bits per heavy atom. The van der Waals surface area contributed by atoms with E-state index in [1.54, 1.807) is 27.5 Å². The molecular weight excluding hydrogens is 478 g/mol. The van der Waals surface area contributed by atoms with Crippen LogP contribution >= 0.6 is 11.8 Å². The molecule has 10 heteroatoms. The summed E-state index contributed by atoms with van der Waals surface area (Å²) >= 11 is 1.26. The number of methoxy groups -OCH3 is 3. The number of nitrogens with zero attached hydrogens (tertiary/aromatic N) is 4. The van der Waals surface area contributed by atoms with Crippen molar-refractivity contribution in [2.75, 3.05) is 27.1 Å². The van der Waals surface area contributed by atoms with Gasteiger partial charge in [0.2, 0.25) is 0 Å². The molecule has 0 radical (unpaired) electrons. The van der Waals surface area contributed by atoms with Crippen molar-refractivity contribution in [3.8, 4) is 34.3 Å². The van der Waals surface area contributed by atoms with Gasteiger partial charge in [0.15, 0.2) is 22.5 Å². The fourth-order valence-electron chi connectivity index (χ4n) is 3.40. The maximum absolute atomic E-state index is 12.5. The van der Waals surface area contributed by atoms with E-state index in [-0.39, 0.29) is 11.7 Å². The Hall–Kier alpha value is -4.31. The highest BCUT2D eigenvalue weighted by Gasteiger charge is 2.18. The summed E-state index contributed by atoms with van der Waals surface area (Å²) < 4.78 is 17.9. The zero-order valence-corrected chi connectivity index (χ0v) is 20.9. The van der Waals surface area contributed by atoms with Gasteiger partial charge in [-0.25, -0.2) is 5.43 Å². The van der Waals surface area contributed by atoms with E-state index in [2.05, 4.69) is 20.7 Å². The number of benzene rings is 3. The summed E-state index contributed by atoms with van der Waals surface area (Å²) in [7, 11) is 4.77. The van der Waals surface area contributed by atoms with Crippen molar-refractivity contribution in [2.45, 2.75) is 5.16 Å². The van der Waals surface area contributed by atoms with E-state index < -0.39 is 0 Å². The normalized spacial score (nSPS) is 10.9. The predicted octanol–water partition coefficient (Wildman–Crippen LogP) is 4.20. The molecule has 4 aromatic rings. The van der Waals surface area contributed by atoms with Crippen LogP contribution in [-0.2, 0) is 4.79 Å². The smallest absolute Gasteiger partial charge is 0.250 e. The van der Waals surface area contributed by atoms with Gasteiger partial charge in [0.05, 0.1) is 33.3 Å². The molecule has 1 amide bonds. The average Bonchev–Trinajstić information content (AvgIpc) is 3.36. The third-order valence-corrected chi connectivity index (χ3v) is 6.05. The molecule has 0 unspecified atom stereocenters. The molecule has 1 heterocycles. The van der Waals surface area contributed by atoms with Crippen LogP contribution in [0, 0.1) is 0 Å². The zero-order valence-electron chi connectivity index (χ0n) is 20.0. The molecular formula is C26H25N5O4S. The number of hydrogen-bond donors (Lipinski definition) is 1. The molecule has 4 rings (SSSR count). The number of para-hydroxylation sites is 1. The Balaban J connectivity index is 1.52. The number of aromatic nitrogens is 3. The van der Waals surface area contributed by atoms with E-state index in [9.17, 15) is 4.79 Å². The van der Waals surface area contributed by atoms with Gasteiger partial charge in [-0.3, -0.25) is 9.36 Å². The molecule has 0 saturated heterocycles. The highest BCUT2D eigenvalue weighted by Crippen LogP contribution is 2.34. The van der Waals surface area contributed by atoms with Gasteiger partial charge in [-0.15, -0.1) is 10.2 Å². The van der Waals surface area contributed by atoms with E-state index in [0.29, 0.717) is 28.2 Å². The average molecular weight is 504 g/mol. The minimum atomic E-state index is -0.269. The largest absolute Gasteiger partial charge is 0.497 e. The number of nitrogens with one attached hydrogen (secondary N) is 1. The fourth-order valence-corrected chi connectivity index (χ4v) is 4.14. The maximum Gasteiger partial charge on any atom is 0.250 e. The van der Waals surface area contributed by atoms with Crippen molar-refractivity contribution in [2.24, 2.45) is 5.10 Å². The molecule has 0 aliphatic rings. The van der Waals surface area contributed by atoms with Gasteiger partial charge in [-0.2, -0.15) is 5.10 Å². The fraction of sp³-hybridized carbons (Fsp3) is 0.154. The molecule has 184 valence electrons. The first-order valence-electron chi connectivity index (χ1n) is 10.9. The molecule has 0 spiro atoms. The number of hydrazone groups is 1. The minimum absolute atomic E-state index is 0.104. The number of hydrogen-bond acceptors (Lipinski definition) is 8. The van der Waals surface area contributed by atoms with E-state index in [4.69, 9.17) is 14.2 Å². The summed E-state index contributed by atoms with van der Waals surface area (Å²) in [5.41, 5.74) is 5.02. The van der Waals surface area contributed by atoms with E-state index in [0.717, 1.165) is 16.8 Å². The monoisotopic (exact) mass is 503 g/mol. The van der Waals surface area contributed by atoms with Crippen molar-refractivity contribution in [1.29, 1.82) is 0 Å². The van der Waals surface area contributed by atoms with Crippen LogP contribution in [0.15, 0.2) is 83.1 Å². The Bertz CT molecular complexity index is 1360. The van der Waals surface area contributed by atoms with Crippen LogP contribution in [0.1, 0.15) is 5.56 Å². The second-order valence-corrected chi connectivity index (χ2v) is 8.35. The predicted molar refractivity (Wildman–Crippen MR) is 139 cm³/mol. The topological polar surface area (TPSA) is 99.9 Å². The Morgan fingerprint density at radius 2 is 1.75 bits per heavy atom. The number of carbonyl (C=O) groups is 1. The zero-order chi connectivity index (χ0) is 25.3. The summed E-state index contributed by atoms with van der Waals surface area (Å²) in [6, 6.07) is 22.6. The molecule has 1 aromatic heterocycles. The van der Waals surface area contributed by atoms with Crippen molar-refractivity contribution >= 4 is 23.9 Å². The molecule has 0 saturated carbocycles. The van der Waals surface area contributed by atoms with Crippen LogP contribution in [0.3, 0.4) is 0 Å². The second kappa shape index (κ2) is 11.9. The third-order valence-electron chi connectivity index (χ3n) is 5.12. The molecule has 0 fully saturated rings. The first-order chi connectivity index (χ1) is 17.6. The lowest BCUT2D eigenvalue weighted by molar-refractivity contribution is -0.118. The lowest BCUT2D eigenvalue weighted by Crippen LogP contribution is -2.20. The van der Waals surface area contributed by atoms with E-state index in [1.807, 2.05) is 77.4 Å². The molecule has 3 aromatic carbocycles. The Morgan fingerprint density at radius 3 is 2.50 bits per heavy atom. The quantitative estimate of drug-likeness (QED) is 0.197. The van der Waals surface area contributed by atoms with Crippen molar-refractivity contribution in [1.82, 2.24) is 20.2 Å². The lowest BCUT2D eigenvalue weighted by atomic mass is 10.2. The van der Waals surface area contributed by atoms with Gasteiger partial charge in [-0.05, 0) is 48.0 Å². The molecule has 0 atom stereocenters. The van der Waals surface area contributed by atoms with Gasteiger partial charge in [0.25, 0.3) is 5.91 Å². The molecule has 1 N–H and O–H groups in total. The summed E-state index contributed by atoms with van der Waals surface area (Å²) in [6.07, 6.45) is 1.56. The van der Waals surface area contributed by atoms with Gasteiger partial charge >= 0.3 is 0 Å². The lowest BCUT2D eigenvalue weighted by Gasteiger charge is -2.12. The highest BCUT2D eigenvalue weighted by atomic mass is 32.2. The number of amides is 1. The van der Waals surface area contributed by atoms with Crippen LogP contribution in [0.25, 0.3) is 17.1 Å². The van der Waals surface area contributed by atoms with Gasteiger partial charge in [0, 0.05) is 11.3 Å². The minimum Gasteiger partial charge on any atom is -0.497 e. The van der Waals surface area contributed by atoms with Crippen LogP contribution in [-0.4, -0.2) is 54.0 Å². The number of thioether (sulfide) groups is 1. The van der Waals surface area contributed by atoms with Gasteiger partial charge < -0.3 is 14.2 Å². The molecule has 36 heavy (non-hydrogen) atoms. The molecule has 0 aliphatic heterocycles. The van der Waals surface area contributed by atoms with E-state index in [1.165, 1.54) is 11.8 Å². The summed E-state index contributed by atoms with van der Waals surface area (Å²) in [6.45, 7) is 0. The third kappa shape index (κ3) is 5.84. The molecule has 0 bridgehead atoms. The second-order valence-electron chi connectivity index (χ2n) is 7.41. The standard InChI is InChI=1S/C26H25N5O4S/c1-33-21-11-7-8-18(14-21)16-27-28-24(32)17-36-26-30-29-25(31(26)20-9-5-4-6-10-20)19-12-13-22(34-2)23(15-19)35-3/h4-16H,17H2,1-3H3,(H,28,32)/b27-16-. The Labute approximate surface area is 213 Å². The van der Waals surface area contributed by atoms with Crippen molar-refractivity contribution < 1.29 is 19.0 Å². The Kier molecular flexibility index (Phi) is 8.20. The van der Waals surface area contributed by atoms with Crippen molar-refractivity contribution in [3.05, 3.63) is 78.4 Å². The SMILES string of the molecule is COc1cccc(/C=N\NC(=O)CSc2nnc(-c3ccc(OC)c(OC)c3)n2-c2ccccc2)c1. The van der Waals surface area contributed by atoms with Crippen LogP contribution in [0.5, 0.6) is 17.2 Å². The van der Waals surface area contributed by atoms with Crippen LogP contribution in [0.2, 0.25) is 0 Å². The number of carbonyl (C=O) groups excluding carboxylic acids is 1. The van der Waals surface area contributed by atoms with Crippen LogP contribution in [0.4, 0.5) is 0 Å². The first kappa shape index (κ1) is 24.8. The summed E-state index contributed by atoms with van der Waals surface area (Å²) in [5.74, 6) is 2.36. The number of rotatable bonds is 10. The maximum atomic E-state index is 12.5. The molecule has 9 nitrogen and oxygen atoms in total. The van der Waals surface area contributed by atoms with Gasteiger partial charge in [0.1, 0.15) is 5.75 Å². The van der Waals surface area contributed by atoms with Crippen LogP contribution < -0.4 is 19.6 Å². The highest BCUT2D eigenvalue weighted by molar-refractivity contribution is 7.99. The van der Waals surface area contributed by atoms with Gasteiger partial charge in [-0.1, -0.05) is 42.1 Å².